The average molecular weight is 515 g/mol. The molecule has 0 amide bonds. The first-order valence-corrected chi connectivity index (χ1v) is 15.4. The number of aliphatic hydroxyl groups excluding tert-OH is 1. The molecule has 5 nitrogen and oxygen atoms in total. The highest BCUT2D eigenvalue weighted by molar-refractivity contribution is 7.90. The van der Waals surface area contributed by atoms with E-state index in [1.807, 2.05) is 0 Å². The van der Waals surface area contributed by atoms with Gasteiger partial charge in [0.2, 0.25) is 0 Å². The molecule has 2 aliphatic rings. The van der Waals surface area contributed by atoms with Crippen LogP contribution in [0.5, 0.6) is 0 Å². The summed E-state index contributed by atoms with van der Waals surface area (Å²) in [7, 11) is -1.82. The second kappa shape index (κ2) is 13.5. The summed E-state index contributed by atoms with van der Waals surface area (Å²) in [6.45, 7) is 7.90. The largest absolute Gasteiger partial charge is 0.481 e. The van der Waals surface area contributed by atoms with Crippen molar-refractivity contribution in [1.82, 2.24) is 0 Å². The Morgan fingerprint density at radius 2 is 1.32 bits per heavy atom. The van der Waals surface area contributed by atoms with E-state index in [0.29, 0.717) is 6.42 Å². The third-order valence-corrected chi connectivity index (χ3v) is 11.2. The fourth-order valence-electron chi connectivity index (χ4n) is 4.69. The second-order valence-electron chi connectivity index (χ2n) is 11.5. The lowest BCUT2D eigenvalue weighted by molar-refractivity contribution is -0.147. The van der Waals surface area contributed by atoms with E-state index in [2.05, 4.69) is 26.0 Å². The number of rotatable bonds is 16. The Morgan fingerprint density at radius 1 is 0.853 bits per heavy atom. The first-order valence-electron chi connectivity index (χ1n) is 13.0. The number of aliphatic hydroxyl groups is 1. The van der Waals surface area contributed by atoms with Crippen molar-refractivity contribution in [2.24, 2.45) is 10.8 Å². The second-order valence-corrected chi connectivity index (χ2v) is 15.1. The molecular formula is C27H46O5S2. The van der Waals surface area contributed by atoms with Crippen LogP contribution in [0, 0.1) is 10.8 Å². The number of aliphatic carboxylic acids is 1. The molecule has 196 valence electrons. The fraction of sp³-hybridized carbons (Fsp3) is 0.815. The first-order chi connectivity index (χ1) is 16.0. The van der Waals surface area contributed by atoms with E-state index in [9.17, 15) is 23.4 Å². The van der Waals surface area contributed by atoms with E-state index in [0.717, 1.165) is 86.9 Å². The molecule has 0 spiro atoms. The lowest BCUT2D eigenvalue weighted by Gasteiger charge is -2.21. The van der Waals surface area contributed by atoms with Crippen molar-refractivity contribution in [3.63, 3.8) is 0 Å². The maximum absolute atomic E-state index is 12.8. The molecule has 4 atom stereocenters. The lowest BCUT2D eigenvalue weighted by Crippen LogP contribution is -2.23. The summed E-state index contributed by atoms with van der Waals surface area (Å²) in [6, 6.07) is 0. The minimum atomic E-state index is -0.933. The van der Waals surface area contributed by atoms with Crippen LogP contribution in [0.25, 0.3) is 0 Å². The first kappa shape index (κ1) is 29.4. The van der Waals surface area contributed by atoms with Gasteiger partial charge in [0, 0.05) is 26.9 Å². The van der Waals surface area contributed by atoms with Gasteiger partial charge in [-0.25, -0.2) is 0 Å². The summed E-state index contributed by atoms with van der Waals surface area (Å²) < 4.78 is 25.7. The van der Waals surface area contributed by atoms with Crippen molar-refractivity contribution in [2.45, 2.75) is 122 Å². The van der Waals surface area contributed by atoms with Crippen molar-refractivity contribution < 1.29 is 23.4 Å². The molecule has 2 heterocycles. The van der Waals surface area contributed by atoms with Gasteiger partial charge >= 0.3 is 5.97 Å². The van der Waals surface area contributed by atoms with Gasteiger partial charge in [-0.1, -0.05) is 51.7 Å². The highest BCUT2D eigenvalue weighted by atomic mass is 32.2. The molecule has 0 aromatic carbocycles. The number of carboxylic acids is 1. The number of hydrogen-bond donors (Lipinski definition) is 2. The Kier molecular flexibility index (Phi) is 11.7. The average Bonchev–Trinajstić information content (AvgIpc) is 3.31. The van der Waals surface area contributed by atoms with Gasteiger partial charge in [-0.2, -0.15) is 0 Å². The molecule has 34 heavy (non-hydrogen) atoms. The molecular weight excluding hydrogens is 468 g/mol. The van der Waals surface area contributed by atoms with Gasteiger partial charge in [0.25, 0.3) is 0 Å². The van der Waals surface area contributed by atoms with Crippen molar-refractivity contribution in [1.29, 1.82) is 0 Å². The predicted octanol–water partition coefficient (Wildman–Crippen LogP) is 6.22. The van der Waals surface area contributed by atoms with Crippen LogP contribution in [0.1, 0.15) is 111 Å². The molecule has 0 saturated carbocycles. The standard InChI is InChI=1S/C27H46O5S2/c1-26(2,20-28)18-7-5-10-21-14-16-23(33(21)31)12-9-13-24-17-15-22(34(24)32)11-6-8-19-27(3,4)25(29)30/h16-17,21-22,28H,5-15,18-20H2,1-4H3,(H,29,30). The third kappa shape index (κ3) is 9.02. The van der Waals surface area contributed by atoms with Gasteiger partial charge in [0.1, 0.15) is 0 Å². The quantitative estimate of drug-likeness (QED) is 0.239. The monoisotopic (exact) mass is 514 g/mol. The van der Waals surface area contributed by atoms with Crippen molar-refractivity contribution in [3.05, 3.63) is 22.0 Å². The maximum Gasteiger partial charge on any atom is 0.309 e. The minimum Gasteiger partial charge on any atom is -0.481 e. The van der Waals surface area contributed by atoms with Crippen LogP contribution in [-0.4, -0.2) is 41.7 Å². The fourth-order valence-corrected chi connectivity index (χ4v) is 8.06. The summed E-state index contributed by atoms with van der Waals surface area (Å²) in [5.74, 6) is -0.757. The van der Waals surface area contributed by atoms with Crippen LogP contribution in [0.4, 0.5) is 0 Å². The zero-order valence-electron chi connectivity index (χ0n) is 21.6. The Morgan fingerprint density at radius 3 is 1.76 bits per heavy atom. The Hall–Kier alpha value is -0.790. The van der Waals surface area contributed by atoms with Gasteiger partial charge < -0.3 is 10.2 Å². The zero-order chi connectivity index (χ0) is 25.4. The number of carbonyl (C=O) groups is 1. The lowest BCUT2D eigenvalue weighted by atomic mass is 9.87. The van der Waals surface area contributed by atoms with Crippen LogP contribution in [0.15, 0.2) is 22.0 Å². The summed E-state index contributed by atoms with van der Waals surface area (Å²) in [5, 5.41) is 19.0. The van der Waals surface area contributed by atoms with Crippen molar-refractivity contribution in [2.75, 3.05) is 6.61 Å². The van der Waals surface area contributed by atoms with E-state index in [1.54, 1.807) is 13.8 Å². The van der Waals surface area contributed by atoms with E-state index < -0.39 is 33.0 Å². The highest BCUT2D eigenvalue weighted by Gasteiger charge is 2.29. The Labute approximate surface area is 211 Å². The molecule has 2 N–H and O–H groups in total. The number of allylic oxidation sites excluding steroid dienone is 4. The zero-order valence-corrected chi connectivity index (χ0v) is 23.3. The van der Waals surface area contributed by atoms with Gasteiger partial charge in [-0.3, -0.25) is 13.2 Å². The third-order valence-electron chi connectivity index (χ3n) is 7.40. The van der Waals surface area contributed by atoms with Crippen LogP contribution < -0.4 is 0 Å². The molecule has 0 aromatic rings. The van der Waals surface area contributed by atoms with E-state index >= 15 is 0 Å². The van der Waals surface area contributed by atoms with Crippen molar-refractivity contribution >= 4 is 27.6 Å². The molecule has 7 heteroatoms. The summed E-state index contributed by atoms with van der Waals surface area (Å²) in [6.07, 6.45) is 16.0. The normalized spacial score (nSPS) is 25.4. The molecule has 0 saturated heterocycles. The van der Waals surface area contributed by atoms with Crippen molar-refractivity contribution in [3.8, 4) is 0 Å². The molecule has 0 radical (unpaired) electrons. The van der Waals surface area contributed by atoms with Gasteiger partial charge in [-0.15, -0.1) is 0 Å². The van der Waals surface area contributed by atoms with Crippen LogP contribution in [0.2, 0.25) is 0 Å². The molecule has 0 fully saturated rings. The topological polar surface area (TPSA) is 91.7 Å². The smallest absolute Gasteiger partial charge is 0.309 e. The maximum atomic E-state index is 12.8. The van der Waals surface area contributed by atoms with Crippen LogP contribution >= 0.6 is 0 Å². The molecule has 0 aromatic heterocycles. The van der Waals surface area contributed by atoms with E-state index in [4.69, 9.17) is 0 Å². The van der Waals surface area contributed by atoms with Crippen LogP contribution in [0.3, 0.4) is 0 Å². The summed E-state index contributed by atoms with van der Waals surface area (Å²) >= 11 is 0. The summed E-state index contributed by atoms with van der Waals surface area (Å²) in [5.41, 5.74) is -0.716. The summed E-state index contributed by atoms with van der Waals surface area (Å²) in [4.78, 5) is 13.3. The predicted molar refractivity (Wildman–Crippen MR) is 142 cm³/mol. The van der Waals surface area contributed by atoms with Gasteiger partial charge in [-0.05, 0) is 77.0 Å². The van der Waals surface area contributed by atoms with Gasteiger partial charge in [0.05, 0.1) is 27.0 Å². The number of hydrogen-bond acceptors (Lipinski definition) is 4. The molecule has 0 bridgehead atoms. The van der Waals surface area contributed by atoms with Crippen LogP contribution in [-0.2, 0) is 26.4 Å². The van der Waals surface area contributed by atoms with Gasteiger partial charge in [0.15, 0.2) is 0 Å². The number of carboxylic acid groups (broad SMARTS) is 1. The Balaban J connectivity index is 1.62. The molecule has 0 aliphatic carbocycles. The minimum absolute atomic E-state index is 0.0243. The molecule has 2 rings (SSSR count). The molecule has 2 aliphatic heterocycles. The number of unbranched alkanes of at least 4 members (excludes halogenated alkanes) is 2. The van der Waals surface area contributed by atoms with E-state index in [1.165, 1.54) is 0 Å². The highest BCUT2D eigenvalue weighted by Crippen LogP contribution is 2.33. The Bertz CT molecular complexity index is 797. The van der Waals surface area contributed by atoms with E-state index in [-0.39, 0.29) is 22.5 Å². The SMILES string of the molecule is CC(C)(CO)CCCCC1CC=C(CCCC2=CCC(CCCCC(C)(C)C(=O)O)S2=O)S1=O. The molecule has 4 unspecified atom stereocenters.